The molecule has 154 valence electrons. The first-order valence-electron chi connectivity index (χ1n) is 9.94. The highest BCUT2D eigenvalue weighted by atomic mass is 35.5. The molecule has 0 saturated carbocycles. The Morgan fingerprint density at radius 2 is 1.83 bits per heavy atom. The number of hydrogen-bond acceptors (Lipinski definition) is 4. The number of hydrogen-bond donors (Lipinski definition) is 1. The van der Waals surface area contributed by atoms with Gasteiger partial charge in [-0.15, -0.1) is 0 Å². The second-order valence-corrected chi connectivity index (χ2v) is 7.76. The third-order valence-electron chi connectivity index (χ3n) is 5.32. The van der Waals surface area contributed by atoms with Crippen molar-refractivity contribution >= 4 is 23.5 Å². The fourth-order valence-corrected chi connectivity index (χ4v) is 3.84. The summed E-state index contributed by atoms with van der Waals surface area (Å²) in [6, 6.07) is 16.1. The topological polar surface area (TPSA) is 75.4 Å². The quantitative estimate of drug-likeness (QED) is 0.534. The van der Waals surface area contributed by atoms with Gasteiger partial charge in [0.25, 0.3) is 5.91 Å². The van der Waals surface area contributed by atoms with Crippen LogP contribution in [0, 0.1) is 0 Å². The number of nitrogens with zero attached hydrogens (tertiary/aromatic N) is 2. The molecular formula is C23H22ClN3O3. The first-order chi connectivity index (χ1) is 14.5. The Balaban J connectivity index is 1.59. The molecule has 0 spiro atoms. The lowest BCUT2D eigenvalue weighted by molar-refractivity contribution is -0.132. The Morgan fingerprint density at radius 3 is 2.53 bits per heavy atom. The van der Waals surface area contributed by atoms with E-state index in [1.54, 1.807) is 18.3 Å². The van der Waals surface area contributed by atoms with Crippen LogP contribution in [0.3, 0.4) is 0 Å². The normalized spacial score (nSPS) is 18.7. The number of rotatable bonds is 7. The van der Waals surface area contributed by atoms with E-state index in [0.717, 1.165) is 24.0 Å². The molecule has 1 saturated heterocycles. The van der Waals surface area contributed by atoms with Gasteiger partial charge in [0.2, 0.25) is 5.89 Å². The number of urea groups is 1. The third kappa shape index (κ3) is 3.71. The average Bonchev–Trinajstić information content (AvgIpc) is 3.32. The van der Waals surface area contributed by atoms with Crippen LogP contribution < -0.4 is 5.32 Å². The number of aromatic nitrogens is 1. The molecule has 7 heteroatoms. The lowest BCUT2D eigenvalue weighted by Crippen LogP contribution is -2.44. The predicted molar refractivity (Wildman–Crippen MR) is 114 cm³/mol. The lowest BCUT2D eigenvalue weighted by atomic mass is 9.85. The third-order valence-corrected chi connectivity index (χ3v) is 5.58. The minimum absolute atomic E-state index is 0.0288. The maximum Gasteiger partial charge on any atom is 0.325 e. The van der Waals surface area contributed by atoms with E-state index in [1.807, 2.05) is 42.5 Å². The van der Waals surface area contributed by atoms with Crippen LogP contribution in [0.2, 0.25) is 5.02 Å². The van der Waals surface area contributed by atoms with Gasteiger partial charge >= 0.3 is 6.03 Å². The number of halogens is 1. The van der Waals surface area contributed by atoms with Crippen molar-refractivity contribution in [1.82, 2.24) is 15.2 Å². The van der Waals surface area contributed by atoms with Crippen molar-refractivity contribution in [2.75, 3.05) is 0 Å². The summed E-state index contributed by atoms with van der Waals surface area (Å²) in [4.78, 5) is 31.6. The first kappa shape index (κ1) is 20.2. The van der Waals surface area contributed by atoms with Gasteiger partial charge < -0.3 is 9.73 Å². The summed E-state index contributed by atoms with van der Waals surface area (Å²) in [6.45, 7) is 2.03. The molecule has 30 heavy (non-hydrogen) atoms. The number of benzene rings is 2. The molecule has 1 aromatic heterocycles. The number of unbranched alkanes of at least 4 members (excludes halogenated alkanes) is 1. The van der Waals surface area contributed by atoms with Gasteiger partial charge in [0.1, 0.15) is 12.1 Å². The number of oxazole rings is 1. The number of amides is 3. The van der Waals surface area contributed by atoms with Crippen LogP contribution in [-0.2, 0) is 16.9 Å². The van der Waals surface area contributed by atoms with Gasteiger partial charge in [0, 0.05) is 10.6 Å². The van der Waals surface area contributed by atoms with Crippen LogP contribution in [0.25, 0.3) is 11.3 Å². The molecule has 0 radical (unpaired) electrons. The number of carbonyl (C=O) groups excluding carboxylic acids is 2. The second-order valence-electron chi connectivity index (χ2n) is 7.32. The van der Waals surface area contributed by atoms with Gasteiger partial charge in [-0.3, -0.25) is 9.69 Å². The van der Waals surface area contributed by atoms with Crippen molar-refractivity contribution in [3.05, 3.63) is 77.3 Å². The summed E-state index contributed by atoms with van der Waals surface area (Å²) in [5, 5.41) is 3.56. The van der Waals surface area contributed by atoms with E-state index < -0.39 is 11.6 Å². The molecular weight excluding hydrogens is 402 g/mol. The molecule has 1 aliphatic heterocycles. The van der Waals surface area contributed by atoms with E-state index in [-0.39, 0.29) is 12.5 Å². The van der Waals surface area contributed by atoms with E-state index in [1.165, 1.54) is 4.90 Å². The van der Waals surface area contributed by atoms with Crippen molar-refractivity contribution in [2.45, 2.75) is 38.3 Å². The van der Waals surface area contributed by atoms with Gasteiger partial charge in [-0.2, -0.15) is 0 Å². The van der Waals surface area contributed by atoms with Crippen molar-refractivity contribution in [3.8, 4) is 11.3 Å². The van der Waals surface area contributed by atoms with Crippen LogP contribution in [0.15, 0.2) is 65.2 Å². The molecule has 1 aliphatic rings. The summed E-state index contributed by atoms with van der Waals surface area (Å²) in [7, 11) is 0. The molecule has 2 heterocycles. The van der Waals surface area contributed by atoms with E-state index in [2.05, 4.69) is 17.2 Å². The largest absolute Gasteiger partial charge is 0.439 e. The van der Waals surface area contributed by atoms with E-state index in [9.17, 15) is 9.59 Å². The monoisotopic (exact) mass is 423 g/mol. The molecule has 6 nitrogen and oxygen atoms in total. The maximum absolute atomic E-state index is 13.4. The van der Waals surface area contributed by atoms with Crippen molar-refractivity contribution in [2.24, 2.45) is 0 Å². The summed E-state index contributed by atoms with van der Waals surface area (Å²) in [6.07, 6.45) is 3.85. The van der Waals surface area contributed by atoms with E-state index in [0.29, 0.717) is 23.1 Å². The predicted octanol–water partition coefficient (Wildman–Crippen LogP) is 5.13. The van der Waals surface area contributed by atoms with Crippen molar-refractivity contribution in [1.29, 1.82) is 0 Å². The molecule has 0 aliphatic carbocycles. The molecule has 3 amide bonds. The van der Waals surface area contributed by atoms with Gasteiger partial charge in [-0.1, -0.05) is 61.7 Å². The van der Waals surface area contributed by atoms with E-state index >= 15 is 0 Å². The summed E-state index contributed by atoms with van der Waals surface area (Å²) in [5.41, 5.74) is 0.547. The number of nitrogens with one attached hydrogen (secondary N) is 1. The van der Waals surface area contributed by atoms with Crippen molar-refractivity contribution in [3.63, 3.8) is 0 Å². The lowest BCUT2D eigenvalue weighted by Gasteiger charge is -2.27. The Labute approximate surface area is 179 Å². The molecule has 3 aromatic rings. The van der Waals surface area contributed by atoms with Gasteiger partial charge in [0.15, 0.2) is 5.76 Å². The first-order valence-corrected chi connectivity index (χ1v) is 10.3. The fraction of sp³-hybridized carbons (Fsp3) is 0.261. The smallest absolute Gasteiger partial charge is 0.325 e. The van der Waals surface area contributed by atoms with Gasteiger partial charge in [0.05, 0.1) is 6.20 Å². The maximum atomic E-state index is 13.4. The van der Waals surface area contributed by atoms with Gasteiger partial charge in [-0.05, 0) is 36.2 Å². The zero-order valence-electron chi connectivity index (χ0n) is 16.6. The fourth-order valence-electron chi connectivity index (χ4n) is 3.71. The molecule has 0 bridgehead atoms. The summed E-state index contributed by atoms with van der Waals surface area (Å²) < 4.78 is 5.80. The Hall–Kier alpha value is -3.12. The SMILES string of the molecule is CCCCC1(c2ccccc2)NC(=O)N(Cc2ncc(-c3ccc(Cl)cc3)o2)C1=O. The Kier molecular flexibility index (Phi) is 5.59. The van der Waals surface area contributed by atoms with Crippen LogP contribution in [0.4, 0.5) is 4.79 Å². The highest BCUT2D eigenvalue weighted by Crippen LogP contribution is 2.35. The highest BCUT2D eigenvalue weighted by Gasteiger charge is 2.52. The Morgan fingerprint density at radius 1 is 1.10 bits per heavy atom. The highest BCUT2D eigenvalue weighted by molar-refractivity contribution is 6.30. The molecule has 2 aromatic carbocycles. The molecule has 4 rings (SSSR count). The van der Waals surface area contributed by atoms with Crippen LogP contribution in [0.1, 0.15) is 37.6 Å². The summed E-state index contributed by atoms with van der Waals surface area (Å²) in [5.74, 6) is 0.565. The molecule has 1 atom stereocenters. The zero-order chi connectivity index (χ0) is 21.1. The van der Waals surface area contributed by atoms with Crippen LogP contribution in [0.5, 0.6) is 0 Å². The minimum atomic E-state index is -1.06. The number of imide groups is 1. The van der Waals surface area contributed by atoms with Gasteiger partial charge in [-0.25, -0.2) is 9.78 Å². The van der Waals surface area contributed by atoms with Crippen molar-refractivity contribution < 1.29 is 14.0 Å². The molecule has 1 unspecified atom stereocenters. The Bertz CT molecular complexity index is 1050. The molecule has 1 fully saturated rings. The average molecular weight is 424 g/mol. The molecule has 1 N–H and O–H groups in total. The van der Waals surface area contributed by atoms with Crippen LogP contribution in [-0.4, -0.2) is 21.8 Å². The summed E-state index contributed by atoms with van der Waals surface area (Å²) >= 11 is 5.93. The second kappa shape index (κ2) is 8.32. The minimum Gasteiger partial charge on any atom is -0.439 e. The van der Waals surface area contributed by atoms with E-state index in [4.69, 9.17) is 16.0 Å². The zero-order valence-corrected chi connectivity index (χ0v) is 17.4. The standard InChI is InChI=1S/C23H22ClN3O3/c1-2-3-13-23(17-7-5-4-6-8-17)21(28)27(22(29)26-23)15-20-25-14-19(30-20)16-9-11-18(24)12-10-16/h4-12,14H,2-3,13,15H2,1H3,(H,26,29). The number of carbonyl (C=O) groups is 2. The van der Waals surface area contributed by atoms with Crippen LogP contribution >= 0.6 is 11.6 Å².